The van der Waals surface area contributed by atoms with E-state index in [-0.39, 0.29) is 28.8 Å². The fraction of sp³-hybridized carbons (Fsp3) is 0.324. The average molecular weight is 645 g/mol. The number of benzene rings is 2. The van der Waals surface area contributed by atoms with E-state index < -0.39 is 27.9 Å². The highest BCUT2D eigenvalue weighted by molar-refractivity contribution is 7.89. The second-order valence-electron chi connectivity index (χ2n) is 11.8. The Bertz CT molecular complexity index is 1780. The van der Waals surface area contributed by atoms with E-state index in [1.165, 1.54) is 16.6 Å². The molecule has 0 spiro atoms. The molecule has 0 radical (unpaired) electrons. The largest absolute Gasteiger partial charge is 0.477 e. The number of thiophene rings is 1. The predicted molar refractivity (Wildman–Crippen MR) is 177 cm³/mol. The average Bonchev–Trinajstić information content (AvgIpc) is 3.51. The monoisotopic (exact) mass is 644 g/mol. The second-order valence-corrected chi connectivity index (χ2v) is 14.8. The minimum absolute atomic E-state index is 0.0212. The third-order valence-corrected chi connectivity index (χ3v) is 11.7. The second kappa shape index (κ2) is 12.7. The zero-order valence-corrected chi connectivity index (χ0v) is 26.9. The van der Waals surface area contributed by atoms with Gasteiger partial charge in [-0.25, -0.2) is 13.2 Å². The van der Waals surface area contributed by atoms with E-state index in [0.717, 1.165) is 65.1 Å². The Morgan fingerprint density at radius 3 is 2.29 bits per heavy atom. The van der Waals surface area contributed by atoms with Crippen LogP contribution in [0.5, 0.6) is 0 Å². The van der Waals surface area contributed by atoms with E-state index >= 15 is 0 Å². The van der Waals surface area contributed by atoms with Crippen LogP contribution in [0.4, 0.5) is 11.4 Å². The lowest BCUT2D eigenvalue weighted by molar-refractivity contribution is -0.121. The topological polar surface area (TPSA) is 111 Å². The van der Waals surface area contributed by atoms with Crippen LogP contribution < -0.4 is 9.80 Å². The molecule has 4 aromatic rings. The highest BCUT2D eigenvalue weighted by Gasteiger charge is 2.44. The standard InChI is InChI=1S/C34H36N4O5S2/c1-36(2)26-15-13-23(14-16-26)28-18-17-27(20-35-28)45(42,43)37-21-30(24-9-5-3-6-10-24)38(32(39)22-37)29-19-31(44-33(29)34(40)41)25-11-7-4-8-12-25/h4,7-8,11-20,24,30H,3,5-6,9-10,21-22H2,1-2H3,(H,40,41)/t30-/m0/s1. The van der Waals surface area contributed by atoms with Crippen LogP contribution in [0.1, 0.15) is 41.8 Å². The first-order valence-electron chi connectivity index (χ1n) is 15.1. The van der Waals surface area contributed by atoms with Crippen LogP contribution in [-0.4, -0.2) is 67.9 Å². The zero-order chi connectivity index (χ0) is 31.7. The first kappa shape index (κ1) is 30.9. The maximum Gasteiger partial charge on any atom is 0.348 e. The number of carboxylic acids is 1. The molecule has 2 aromatic heterocycles. The van der Waals surface area contributed by atoms with Crippen molar-refractivity contribution in [1.82, 2.24) is 9.29 Å². The number of pyridine rings is 1. The highest BCUT2D eigenvalue weighted by atomic mass is 32.2. The molecule has 0 unspecified atom stereocenters. The number of aromatic nitrogens is 1. The molecule has 3 heterocycles. The van der Waals surface area contributed by atoms with Crippen molar-refractivity contribution in [2.24, 2.45) is 5.92 Å². The van der Waals surface area contributed by atoms with Crippen LogP contribution in [0.3, 0.4) is 0 Å². The summed E-state index contributed by atoms with van der Waals surface area (Å²) in [5, 5.41) is 10.2. The Hall–Kier alpha value is -4.06. The van der Waals surface area contributed by atoms with Gasteiger partial charge >= 0.3 is 5.97 Å². The molecule has 2 aliphatic rings. The molecule has 2 fully saturated rings. The number of carboxylic acid groups (broad SMARTS) is 1. The van der Waals surface area contributed by atoms with E-state index in [1.54, 1.807) is 17.0 Å². The van der Waals surface area contributed by atoms with Crippen LogP contribution in [0.2, 0.25) is 0 Å². The fourth-order valence-electron chi connectivity index (χ4n) is 6.38. The number of amides is 1. The maximum atomic E-state index is 14.0. The number of anilines is 2. The third-order valence-electron chi connectivity index (χ3n) is 8.77. The summed E-state index contributed by atoms with van der Waals surface area (Å²) in [5.74, 6) is -1.48. The number of nitrogens with zero attached hydrogens (tertiary/aromatic N) is 4. The Balaban J connectivity index is 1.31. The van der Waals surface area contributed by atoms with Crippen LogP contribution in [0.15, 0.2) is 83.9 Å². The summed E-state index contributed by atoms with van der Waals surface area (Å²) in [6, 6.07) is 21.8. The summed E-state index contributed by atoms with van der Waals surface area (Å²) < 4.78 is 29.2. The van der Waals surface area contributed by atoms with Crippen molar-refractivity contribution in [3.05, 3.63) is 83.9 Å². The van der Waals surface area contributed by atoms with Crippen molar-refractivity contribution in [3.63, 3.8) is 0 Å². The van der Waals surface area contributed by atoms with Crippen molar-refractivity contribution < 1.29 is 23.1 Å². The highest BCUT2D eigenvalue weighted by Crippen LogP contribution is 2.42. The predicted octanol–water partition coefficient (Wildman–Crippen LogP) is 6.23. The van der Waals surface area contributed by atoms with E-state index in [2.05, 4.69) is 4.98 Å². The molecular formula is C34H36N4O5S2. The molecule has 1 N–H and O–H groups in total. The summed E-state index contributed by atoms with van der Waals surface area (Å²) in [7, 11) is -0.126. The molecule has 1 amide bonds. The molecule has 6 rings (SSSR count). The lowest BCUT2D eigenvalue weighted by atomic mass is 9.82. The molecule has 1 saturated carbocycles. The Morgan fingerprint density at radius 1 is 0.956 bits per heavy atom. The molecule has 2 aromatic carbocycles. The lowest BCUT2D eigenvalue weighted by Crippen LogP contribution is -2.60. The molecule has 1 aliphatic carbocycles. The Kier molecular flexibility index (Phi) is 8.76. The Labute approximate surface area is 267 Å². The van der Waals surface area contributed by atoms with Gasteiger partial charge in [0.05, 0.1) is 24.0 Å². The normalized spacial score (nSPS) is 18.2. The van der Waals surface area contributed by atoms with Crippen LogP contribution in [0, 0.1) is 5.92 Å². The van der Waals surface area contributed by atoms with Gasteiger partial charge in [-0.1, -0.05) is 61.7 Å². The minimum atomic E-state index is -4.05. The van der Waals surface area contributed by atoms with Gasteiger partial charge in [0.2, 0.25) is 15.9 Å². The summed E-state index contributed by atoms with van der Waals surface area (Å²) >= 11 is 1.13. The van der Waals surface area contributed by atoms with Crippen LogP contribution in [-0.2, 0) is 14.8 Å². The van der Waals surface area contributed by atoms with Gasteiger partial charge < -0.3 is 14.9 Å². The van der Waals surface area contributed by atoms with Gasteiger partial charge in [-0.2, -0.15) is 4.31 Å². The lowest BCUT2D eigenvalue weighted by Gasteiger charge is -2.44. The quantitative estimate of drug-likeness (QED) is 0.242. The summed E-state index contributed by atoms with van der Waals surface area (Å²) in [6.07, 6.45) is 6.12. The number of sulfonamides is 1. The fourth-order valence-corrected chi connectivity index (χ4v) is 8.73. The molecule has 234 valence electrons. The number of piperazine rings is 1. The van der Waals surface area contributed by atoms with Crippen LogP contribution >= 0.6 is 11.3 Å². The summed E-state index contributed by atoms with van der Waals surface area (Å²) in [4.78, 5) is 35.3. The number of aromatic carboxylic acids is 1. The van der Waals surface area contributed by atoms with Crippen molar-refractivity contribution in [1.29, 1.82) is 0 Å². The van der Waals surface area contributed by atoms with Crippen molar-refractivity contribution in [2.45, 2.75) is 43.0 Å². The number of hydrogen-bond donors (Lipinski definition) is 1. The van der Waals surface area contributed by atoms with Crippen molar-refractivity contribution in [3.8, 4) is 21.7 Å². The van der Waals surface area contributed by atoms with E-state index in [9.17, 15) is 23.1 Å². The third kappa shape index (κ3) is 6.25. The molecule has 1 saturated heterocycles. The van der Waals surface area contributed by atoms with E-state index in [0.29, 0.717) is 11.4 Å². The smallest absolute Gasteiger partial charge is 0.348 e. The van der Waals surface area contributed by atoms with Gasteiger partial charge in [-0.3, -0.25) is 9.78 Å². The number of carbonyl (C=O) groups excluding carboxylic acids is 1. The molecule has 45 heavy (non-hydrogen) atoms. The zero-order valence-electron chi connectivity index (χ0n) is 25.3. The van der Waals surface area contributed by atoms with Gasteiger partial charge in [-0.15, -0.1) is 11.3 Å². The number of rotatable bonds is 8. The number of carbonyl (C=O) groups is 2. The molecule has 1 aliphatic heterocycles. The Morgan fingerprint density at radius 2 is 1.67 bits per heavy atom. The SMILES string of the molecule is CN(C)c1ccc(-c2ccc(S(=O)(=O)N3CC(=O)N(c4cc(-c5ccccc5)sc4C(=O)O)[C@H](C4CCCCC4)C3)cn2)cc1. The van der Waals surface area contributed by atoms with E-state index in [4.69, 9.17) is 0 Å². The first-order valence-corrected chi connectivity index (χ1v) is 17.4. The molecule has 9 nitrogen and oxygen atoms in total. The minimum Gasteiger partial charge on any atom is -0.477 e. The summed E-state index contributed by atoms with van der Waals surface area (Å²) in [6.45, 7) is -0.295. The van der Waals surface area contributed by atoms with Crippen molar-refractivity contribution in [2.75, 3.05) is 37.0 Å². The summed E-state index contributed by atoms with van der Waals surface area (Å²) in [5.41, 5.74) is 3.76. The molecule has 1 atom stereocenters. The van der Waals surface area contributed by atoms with Gasteiger partial charge in [0.1, 0.15) is 9.77 Å². The van der Waals surface area contributed by atoms with Gasteiger partial charge in [0.15, 0.2) is 0 Å². The molecule has 0 bridgehead atoms. The molecular weight excluding hydrogens is 609 g/mol. The van der Waals surface area contributed by atoms with E-state index in [1.807, 2.05) is 73.6 Å². The van der Waals surface area contributed by atoms with Gasteiger partial charge in [-0.05, 0) is 54.7 Å². The van der Waals surface area contributed by atoms with Gasteiger partial charge in [0.25, 0.3) is 0 Å². The first-order chi connectivity index (χ1) is 21.6. The molecule has 11 heteroatoms. The van der Waals surface area contributed by atoms with Gasteiger partial charge in [0, 0.05) is 43.0 Å². The van der Waals surface area contributed by atoms with Crippen LogP contribution in [0.25, 0.3) is 21.7 Å². The number of hydrogen-bond acceptors (Lipinski definition) is 7. The maximum absolute atomic E-state index is 14.0. The van der Waals surface area contributed by atoms with Crippen molar-refractivity contribution >= 4 is 44.6 Å².